The summed E-state index contributed by atoms with van der Waals surface area (Å²) in [5.41, 5.74) is -1.55. The number of ether oxygens (including phenoxy) is 2. The van der Waals surface area contributed by atoms with Gasteiger partial charge in [0, 0.05) is 12.1 Å². The van der Waals surface area contributed by atoms with Gasteiger partial charge in [0.2, 0.25) is 5.82 Å². The lowest BCUT2D eigenvalue weighted by Crippen LogP contribution is -2.27. The summed E-state index contributed by atoms with van der Waals surface area (Å²) in [5.74, 6) is -1.10. The molecule has 0 aliphatic heterocycles. The monoisotopic (exact) mass is 286 g/mol. The maximum absolute atomic E-state index is 13.4. The lowest BCUT2D eigenvalue weighted by atomic mass is 10.2. The van der Waals surface area contributed by atoms with Gasteiger partial charge in [0.05, 0.1) is 17.7 Å². The number of carbonyl (C=O) groups is 1. The third kappa shape index (κ3) is 4.08. The molecular weight excluding hydrogens is 271 g/mol. The van der Waals surface area contributed by atoms with Crippen molar-refractivity contribution in [2.24, 2.45) is 0 Å². The molecule has 0 fully saturated rings. The number of anilines is 1. The number of nitro groups is 1. The number of carbonyl (C=O) groups excluding carboxylic acids is 1. The summed E-state index contributed by atoms with van der Waals surface area (Å²) in [6.45, 7) is 4.99. The molecule has 1 N–H and O–H groups in total. The van der Waals surface area contributed by atoms with Crippen molar-refractivity contribution < 1.29 is 23.6 Å². The molecule has 110 valence electrons. The van der Waals surface area contributed by atoms with Crippen molar-refractivity contribution in [2.45, 2.75) is 26.4 Å². The number of benzene rings is 1. The van der Waals surface area contributed by atoms with Crippen molar-refractivity contribution in [3.8, 4) is 5.75 Å². The van der Waals surface area contributed by atoms with Gasteiger partial charge in [-0.25, -0.2) is 4.79 Å². The number of hydrogen-bond donors (Lipinski definition) is 1. The van der Waals surface area contributed by atoms with Gasteiger partial charge >= 0.3 is 11.8 Å². The van der Waals surface area contributed by atoms with E-state index in [0.717, 1.165) is 12.1 Å². The van der Waals surface area contributed by atoms with Crippen LogP contribution >= 0.6 is 0 Å². The normalized spacial score (nSPS) is 10.8. The molecule has 0 saturated heterocycles. The molecule has 0 atom stereocenters. The third-order valence-corrected chi connectivity index (χ3v) is 2.10. The molecule has 0 radical (unpaired) electrons. The van der Waals surface area contributed by atoms with E-state index in [-0.39, 0.29) is 11.4 Å². The molecule has 1 aromatic carbocycles. The number of methoxy groups -OCH3 is 1. The molecule has 7 nitrogen and oxygen atoms in total. The lowest BCUT2D eigenvalue weighted by molar-refractivity contribution is -0.387. The Labute approximate surface area is 114 Å². The summed E-state index contributed by atoms with van der Waals surface area (Å²) >= 11 is 0. The SMILES string of the molecule is COc1cc(F)c([N+](=O)[O-])cc1NC(=O)OC(C)(C)C. The van der Waals surface area contributed by atoms with E-state index in [4.69, 9.17) is 9.47 Å². The third-order valence-electron chi connectivity index (χ3n) is 2.10. The molecule has 0 bridgehead atoms. The zero-order valence-electron chi connectivity index (χ0n) is 11.5. The molecule has 1 rings (SSSR count). The summed E-state index contributed by atoms with van der Waals surface area (Å²) in [6.07, 6.45) is -0.822. The van der Waals surface area contributed by atoms with Crippen molar-refractivity contribution in [1.29, 1.82) is 0 Å². The Bertz CT molecular complexity index is 539. The van der Waals surface area contributed by atoms with E-state index < -0.39 is 28.1 Å². The van der Waals surface area contributed by atoms with Crippen LogP contribution < -0.4 is 10.1 Å². The Morgan fingerprint density at radius 3 is 2.45 bits per heavy atom. The minimum absolute atomic E-state index is 0.0426. The first-order valence-corrected chi connectivity index (χ1v) is 5.66. The number of rotatable bonds is 3. The number of nitrogens with zero attached hydrogens (tertiary/aromatic N) is 1. The summed E-state index contributed by atoms with van der Waals surface area (Å²) < 4.78 is 23.3. The van der Waals surface area contributed by atoms with Crippen LogP contribution in [-0.4, -0.2) is 23.7 Å². The number of hydrogen-bond acceptors (Lipinski definition) is 5. The highest BCUT2D eigenvalue weighted by Crippen LogP contribution is 2.32. The molecule has 0 spiro atoms. The van der Waals surface area contributed by atoms with E-state index in [9.17, 15) is 19.3 Å². The van der Waals surface area contributed by atoms with Gasteiger partial charge in [0.25, 0.3) is 0 Å². The van der Waals surface area contributed by atoms with Gasteiger partial charge in [-0.05, 0) is 20.8 Å². The van der Waals surface area contributed by atoms with Crippen LogP contribution in [0.5, 0.6) is 5.75 Å². The summed E-state index contributed by atoms with van der Waals surface area (Å²) in [4.78, 5) is 21.4. The minimum atomic E-state index is -1.05. The Morgan fingerprint density at radius 2 is 2.00 bits per heavy atom. The van der Waals surface area contributed by atoms with Gasteiger partial charge in [-0.3, -0.25) is 15.4 Å². The van der Waals surface area contributed by atoms with Gasteiger partial charge < -0.3 is 9.47 Å². The number of nitrogens with one attached hydrogen (secondary N) is 1. The quantitative estimate of drug-likeness (QED) is 0.681. The summed E-state index contributed by atoms with van der Waals surface area (Å²) in [5, 5.41) is 13.0. The Morgan fingerprint density at radius 1 is 1.40 bits per heavy atom. The smallest absolute Gasteiger partial charge is 0.412 e. The van der Waals surface area contributed by atoms with Crippen LogP contribution in [0.25, 0.3) is 0 Å². The van der Waals surface area contributed by atoms with Gasteiger partial charge in [-0.15, -0.1) is 0 Å². The number of amides is 1. The Hall–Kier alpha value is -2.38. The highest BCUT2D eigenvalue weighted by Gasteiger charge is 2.22. The fourth-order valence-electron chi connectivity index (χ4n) is 1.36. The predicted octanol–water partition coefficient (Wildman–Crippen LogP) is 3.09. The van der Waals surface area contributed by atoms with Crippen LogP contribution in [0.4, 0.5) is 20.6 Å². The topological polar surface area (TPSA) is 90.7 Å². The van der Waals surface area contributed by atoms with Crippen LogP contribution in [0.1, 0.15) is 20.8 Å². The van der Waals surface area contributed by atoms with Gasteiger partial charge in [0.15, 0.2) is 0 Å². The molecule has 1 aromatic rings. The van der Waals surface area contributed by atoms with Crippen molar-refractivity contribution >= 4 is 17.5 Å². The van der Waals surface area contributed by atoms with Gasteiger partial charge in [0.1, 0.15) is 11.4 Å². The van der Waals surface area contributed by atoms with E-state index >= 15 is 0 Å². The zero-order chi connectivity index (χ0) is 15.5. The largest absolute Gasteiger partial charge is 0.494 e. The zero-order valence-corrected chi connectivity index (χ0v) is 11.5. The van der Waals surface area contributed by atoms with Crippen LogP contribution in [-0.2, 0) is 4.74 Å². The van der Waals surface area contributed by atoms with E-state index in [1.807, 2.05) is 0 Å². The average Bonchev–Trinajstić information content (AvgIpc) is 2.27. The first kappa shape index (κ1) is 15.7. The van der Waals surface area contributed by atoms with Crippen molar-refractivity contribution in [2.75, 3.05) is 12.4 Å². The molecule has 0 aliphatic rings. The Balaban J connectivity index is 3.07. The van der Waals surface area contributed by atoms with E-state index in [2.05, 4.69) is 5.32 Å². The highest BCUT2D eigenvalue weighted by molar-refractivity contribution is 5.87. The molecular formula is C12H15FN2O5. The predicted molar refractivity (Wildman–Crippen MR) is 69.5 cm³/mol. The molecule has 20 heavy (non-hydrogen) atoms. The molecule has 0 aliphatic carbocycles. The highest BCUT2D eigenvalue weighted by atomic mass is 19.1. The van der Waals surface area contributed by atoms with Crippen LogP contribution in [0, 0.1) is 15.9 Å². The van der Waals surface area contributed by atoms with E-state index in [1.54, 1.807) is 20.8 Å². The second-order valence-electron chi connectivity index (χ2n) is 4.89. The number of nitro benzene ring substituents is 1. The fourth-order valence-corrected chi connectivity index (χ4v) is 1.36. The van der Waals surface area contributed by atoms with Crippen LogP contribution in [0.15, 0.2) is 12.1 Å². The van der Waals surface area contributed by atoms with Crippen molar-refractivity contribution in [3.05, 3.63) is 28.1 Å². The van der Waals surface area contributed by atoms with E-state index in [0.29, 0.717) is 0 Å². The van der Waals surface area contributed by atoms with Crippen LogP contribution in [0.2, 0.25) is 0 Å². The average molecular weight is 286 g/mol. The summed E-state index contributed by atoms with van der Waals surface area (Å²) in [7, 11) is 1.25. The van der Waals surface area contributed by atoms with Crippen LogP contribution in [0.3, 0.4) is 0 Å². The fraction of sp³-hybridized carbons (Fsp3) is 0.417. The van der Waals surface area contributed by atoms with Crippen molar-refractivity contribution in [1.82, 2.24) is 0 Å². The molecule has 0 aromatic heterocycles. The molecule has 0 unspecified atom stereocenters. The summed E-state index contributed by atoms with van der Waals surface area (Å²) in [6, 6.07) is 1.70. The van der Waals surface area contributed by atoms with Crippen molar-refractivity contribution in [3.63, 3.8) is 0 Å². The molecule has 8 heteroatoms. The van der Waals surface area contributed by atoms with Gasteiger partial charge in [-0.2, -0.15) is 4.39 Å². The standard InChI is InChI=1S/C12H15FN2O5/c1-12(2,3)20-11(16)14-8-6-9(15(17)18)7(13)5-10(8)19-4/h5-6H,1-4H3,(H,14,16). The second-order valence-corrected chi connectivity index (χ2v) is 4.89. The first-order valence-electron chi connectivity index (χ1n) is 5.66. The maximum Gasteiger partial charge on any atom is 0.412 e. The molecule has 0 heterocycles. The minimum Gasteiger partial charge on any atom is -0.494 e. The first-order chi connectivity index (χ1) is 9.14. The molecule has 0 saturated carbocycles. The second kappa shape index (κ2) is 5.72. The van der Waals surface area contributed by atoms with E-state index in [1.165, 1.54) is 7.11 Å². The molecule has 1 amide bonds. The maximum atomic E-state index is 13.4. The Kier molecular flexibility index (Phi) is 4.49. The van der Waals surface area contributed by atoms with Gasteiger partial charge in [-0.1, -0.05) is 0 Å². The number of halogens is 1. The lowest BCUT2D eigenvalue weighted by Gasteiger charge is -2.20.